The molecule has 0 saturated carbocycles. The fraction of sp³-hybridized carbons (Fsp3) is 0.100. The minimum atomic E-state index is 0.149. The molecule has 0 amide bonds. The molecular formula is C10H8N4O2S. The zero-order chi connectivity index (χ0) is 11.8. The van der Waals surface area contributed by atoms with Gasteiger partial charge in [0.25, 0.3) is 5.89 Å². The summed E-state index contributed by atoms with van der Waals surface area (Å²) in [5.41, 5.74) is 0.776. The number of aromatic nitrogens is 4. The summed E-state index contributed by atoms with van der Waals surface area (Å²) >= 11 is 1.35. The van der Waals surface area contributed by atoms with Crippen molar-refractivity contribution in [1.82, 2.24) is 19.9 Å². The molecule has 0 spiro atoms. The van der Waals surface area contributed by atoms with Crippen LogP contribution >= 0.6 is 11.3 Å². The molecule has 7 heteroatoms. The number of nitrogens with zero attached hydrogens (tertiary/aromatic N) is 4. The predicted molar refractivity (Wildman–Crippen MR) is 61.5 cm³/mol. The van der Waals surface area contributed by atoms with Gasteiger partial charge in [0.1, 0.15) is 10.6 Å². The van der Waals surface area contributed by atoms with Crippen LogP contribution in [0, 0.1) is 0 Å². The lowest BCUT2D eigenvalue weighted by Crippen LogP contribution is -1.84. The number of aromatic hydroxyl groups is 1. The summed E-state index contributed by atoms with van der Waals surface area (Å²) in [5, 5.41) is 19.2. The summed E-state index contributed by atoms with van der Waals surface area (Å²) in [6.07, 6.45) is 3.45. The summed E-state index contributed by atoms with van der Waals surface area (Å²) in [5.74, 6) is 0.925. The average Bonchev–Trinajstić information content (AvgIpc) is 2.97. The van der Waals surface area contributed by atoms with Crippen LogP contribution in [0.1, 0.15) is 0 Å². The fourth-order valence-corrected chi connectivity index (χ4v) is 2.14. The van der Waals surface area contributed by atoms with Crippen LogP contribution in [0.15, 0.2) is 28.4 Å². The van der Waals surface area contributed by atoms with Crippen molar-refractivity contribution in [2.75, 3.05) is 0 Å². The SMILES string of the molecule is Cn1cc(-c2noc(-c3sccc3O)n2)cn1. The van der Waals surface area contributed by atoms with E-state index in [0.29, 0.717) is 16.6 Å². The van der Waals surface area contributed by atoms with E-state index in [2.05, 4.69) is 15.2 Å². The molecule has 0 fully saturated rings. The van der Waals surface area contributed by atoms with E-state index in [1.807, 2.05) is 7.05 Å². The maximum Gasteiger partial charge on any atom is 0.272 e. The number of aryl methyl sites for hydroxylation is 1. The summed E-state index contributed by atoms with van der Waals surface area (Å²) in [6.45, 7) is 0. The van der Waals surface area contributed by atoms with E-state index in [4.69, 9.17) is 4.52 Å². The highest BCUT2D eigenvalue weighted by Gasteiger charge is 2.15. The third-order valence-corrected chi connectivity index (χ3v) is 3.12. The quantitative estimate of drug-likeness (QED) is 0.749. The van der Waals surface area contributed by atoms with Gasteiger partial charge in [-0.2, -0.15) is 10.1 Å². The normalized spacial score (nSPS) is 10.9. The molecule has 0 aliphatic heterocycles. The van der Waals surface area contributed by atoms with Crippen LogP contribution in [0.4, 0.5) is 0 Å². The first-order chi connectivity index (χ1) is 8.24. The molecule has 6 nitrogen and oxygen atoms in total. The second kappa shape index (κ2) is 3.70. The van der Waals surface area contributed by atoms with Crippen LogP contribution in [-0.4, -0.2) is 25.0 Å². The molecule has 0 radical (unpaired) electrons. The Hall–Kier alpha value is -2.15. The van der Waals surface area contributed by atoms with E-state index in [1.54, 1.807) is 28.5 Å². The summed E-state index contributed by atoms with van der Waals surface area (Å²) < 4.78 is 6.77. The molecule has 0 atom stereocenters. The van der Waals surface area contributed by atoms with E-state index in [1.165, 1.54) is 11.3 Å². The fourth-order valence-electron chi connectivity index (χ4n) is 1.43. The van der Waals surface area contributed by atoms with Crippen molar-refractivity contribution in [2.24, 2.45) is 7.05 Å². The third kappa shape index (κ3) is 1.70. The Labute approximate surface area is 100 Å². The Morgan fingerprint density at radius 2 is 2.35 bits per heavy atom. The van der Waals surface area contributed by atoms with Gasteiger partial charge in [-0.15, -0.1) is 11.3 Å². The molecule has 0 aliphatic rings. The van der Waals surface area contributed by atoms with Crippen LogP contribution in [-0.2, 0) is 7.05 Å². The highest BCUT2D eigenvalue weighted by atomic mass is 32.1. The van der Waals surface area contributed by atoms with E-state index >= 15 is 0 Å². The molecule has 3 aromatic heterocycles. The standard InChI is InChI=1S/C10H8N4O2S/c1-14-5-6(4-11-14)9-12-10(16-13-9)8-7(15)2-3-17-8/h2-5,15H,1H3. The van der Waals surface area contributed by atoms with Crippen molar-refractivity contribution in [3.63, 3.8) is 0 Å². The van der Waals surface area contributed by atoms with Gasteiger partial charge >= 0.3 is 0 Å². The number of thiophene rings is 1. The van der Waals surface area contributed by atoms with Gasteiger partial charge in [0.05, 0.1) is 11.8 Å². The second-order valence-electron chi connectivity index (χ2n) is 3.46. The Morgan fingerprint density at radius 3 is 3.00 bits per heavy atom. The number of hydrogen-bond acceptors (Lipinski definition) is 6. The van der Waals surface area contributed by atoms with Crippen LogP contribution in [0.3, 0.4) is 0 Å². The van der Waals surface area contributed by atoms with Gasteiger partial charge in [0.15, 0.2) is 0 Å². The number of rotatable bonds is 2. The van der Waals surface area contributed by atoms with Gasteiger partial charge in [-0.25, -0.2) is 0 Å². The van der Waals surface area contributed by atoms with Gasteiger partial charge in [0, 0.05) is 13.2 Å². The molecular weight excluding hydrogens is 240 g/mol. The first-order valence-electron chi connectivity index (χ1n) is 4.83. The van der Waals surface area contributed by atoms with Gasteiger partial charge in [-0.05, 0) is 11.4 Å². The number of hydrogen-bond donors (Lipinski definition) is 1. The molecule has 0 aliphatic carbocycles. The second-order valence-corrected chi connectivity index (χ2v) is 4.38. The zero-order valence-electron chi connectivity index (χ0n) is 8.86. The van der Waals surface area contributed by atoms with Gasteiger partial charge in [0.2, 0.25) is 5.82 Å². The topological polar surface area (TPSA) is 77.0 Å². The Morgan fingerprint density at radius 1 is 1.47 bits per heavy atom. The Kier molecular flexibility index (Phi) is 2.19. The van der Waals surface area contributed by atoms with Crippen molar-refractivity contribution >= 4 is 11.3 Å². The molecule has 0 bridgehead atoms. The van der Waals surface area contributed by atoms with Crippen LogP contribution in [0.2, 0.25) is 0 Å². The summed E-state index contributed by atoms with van der Waals surface area (Å²) in [7, 11) is 1.82. The maximum atomic E-state index is 9.55. The lowest BCUT2D eigenvalue weighted by Gasteiger charge is -1.87. The van der Waals surface area contributed by atoms with E-state index in [9.17, 15) is 5.11 Å². The summed E-state index contributed by atoms with van der Waals surface area (Å²) in [6, 6.07) is 1.59. The van der Waals surface area contributed by atoms with Crippen LogP contribution in [0.5, 0.6) is 5.75 Å². The molecule has 17 heavy (non-hydrogen) atoms. The lowest BCUT2D eigenvalue weighted by molar-refractivity contribution is 0.427. The van der Waals surface area contributed by atoms with Crippen molar-refractivity contribution < 1.29 is 9.63 Å². The highest BCUT2D eigenvalue weighted by Crippen LogP contribution is 2.34. The molecule has 86 valence electrons. The van der Waals surface area contributed by atoms with E-state index in [0.717, 1.165) is 5.56 Å². The van der Waals surface area contributed by atoms with Crippen LogP contribution < -0.4 is 0 Å². The van der Waals surface area contributed by atoms with E-state index in [-0.39, 0.29) is 5.75 Å². The monoisotopic (exact) mass is 248 g/mol. The average molecular weight is 248 g/mol. The minimum Gasteiger partial charge on any atom is -0.506 e. The Bertz CT molecular complexity index is 655. The molecule has 0 saturated heterocycles. The molecule has 0 unspecified atom stereocenters. The molecule has 1 N–H and O–H groups in total. The van der Waals surface area contributed by atoms with Crippen LogP contribution in [0.25, 0.3) is 22.2 Å². The molecule has 0 aromatic carbocycles. The van der Waals surface area contributed by atoms with Crippen molar-refractivity contribution in [1.29, 1.82) is 0 Å². The Balaban J connectivity index is 2.01. The molecule has 3 aromatic rings. The van der Waals surface area contributed by atoms with Gasteiger partial charge in [-0.3, -0.25) is 4.68 Å². The minimum absolute atomic E-state index is 0.149. The first-order valence-corrected chi connectivity index (χ1v) is 5.71. The van der Waals surface area contributed by atoms with Gasteiger partial charge < -0.3 is 9.63 Å². The van der Waals surface area contributed by atoms with Crippen molar-refractivity contribution in [2.45, 2.75) is 0 Å². The maximum absolute atomic E-state index is 9.55. The predicted octanol–water partition coefficient (Wildman–Crippen LogP) is 1.90. The highest BCUT2D eigenvalue weighted by molar-refractivity contribution is 7.13. The van der Waals surface area contributed by atoms with Crippen molar-refractivity contribution in [3.05, 3.63) is 23.8 Å². The van der Waals surface area contributed by atoms with Crippen molar-refractivity contribution in [3.8, 4) is 27.9 Å². The first kappa shape index (κ1) is 10.0. The third-order valence-electron chi connectivity index (χ3n) is 2.23. The van der Waals surface area contributed by atoms with E-state index < -0.39 is 0 Å². The molecule has 3 rings (SSSR count). The largest absolute Gasteiger partial charge is 0.506 e. The smallest absolute Gasteiger partial charge is 0.272 e. The lowest BCUT2D eigenvalue weighted by atomic mass is 10.3. The molecule has 3 heterocycles. The van der Waals surface area contributed by atoms with Gasteiger partial charge in [-0.1, -0.05) is 5.16 Å². The summed E-state index contributed by atoms with van der Waals surface area (Å²) in [4.78, 5) is 4.79. The zero-order valence-corrected chi connectivity index (χ0v) is 9.68.